The Labute approximate surface area is 87.7 Å². The maximum absolute atomic E-state index is 3.71. The molecule has 0 heteroatoms. The highest BCUT2D eigenvalue weighted by molar-refractivity contribution is 5.44. The number of allylic oxidation sites excluding steroid dienone is 2. The van der Waals surface area contributed by atoms with Crippen LogP contribution in [0.3, 0.4) is 0 Å². The highest BCUT2D eigenvalue weighted by Gasteiger charge is 2.05. The van der Waals surface area contributed by atoms with Gasteiger partial charge in [-0.15, -0.1) is 0 Å². The predicted octanol–water partition coefficient (Wildman–Crippen LogP) is 3.85. The van der Waals surface area contributed by atoms with E-state index in [2.05, 4.69) is 46.8 Å². The fourth-order valence-corrected chi connectivity index (χ4v) is 1.72. The van der Waals surface area contributed by atoms with Gasteiger partial charge in [-0.1, -0.05) is 18.2 Å². The summed E-state index contributed by atoms with van der Waals surface area (Å²) in [6, 6.07) is 2.29. The molecule has 0 bridgehead atoms. The van der Waals surface area contributed by atoms with Crippen molar-refractivity contribution < 1.29 is 0 Å². The van der Waals surface area contributed by atoms with Gasteiger partial charge in [0.1, 0.15) is 0 Å². The van der Waals surface area contributed by atoms with Gasteiger partial charge in [0.05, 0.1) is 0 Å². The van der Waals surface area contributed by atoms with Gasteiger partial charge in [-0.3, -0.25) is 0 Å². The second-order valence-electron chi connectivity index (χ2n) is 3.90. The van der Waals surface area contributed by atoms with Crippen LogP contribution in [-0.4, -0.2) is 0 Å². The van der Waals surface area contributed by atoms with E-state index >= 15 is 0 Å². The molecule has 75 valence electrons. The Morgan fingerprint density at radius 3 is 2.29 bits per heavy atom. The average molecular weight is 187 g/mol. The van der Waals surface area contributed by atoms with E-state index < -0.39 is 0 Å². The van der Waals surface area contributed by atoms with Crippen LogP contribution >= 0.6 is 0 Å². The number of hydrogen-bond acceptors (Lipinski definition) is 0. The van der Waals surface area contributed by atoms with Crippen LogP contribution in [0.2, 0.25) is 0 Å². The average Bonchev–Trinajstić information content (AvgIpc) is 2.18. The largest absolute Gasteiger partial charge is 0.0879 e. The fraction of sp³-hybridized carbons (Fsp3) is 0.357. The molecule has 0 aromatic heterocycles. The van der Waals surface area contributed by atoms with Gasteiger partial charge >= 0.3 is 0 Å². The topological polar surface area (TPSA) is 0 Å². The van der Waals surface area contributed by atoms with E-state index in [-0.39, 0.29) is 0 Å². The fourth-order valence-electron chi connectivity index (χ4n) is 1.72. The third-order valence-electron chi connectivity index (χ3n) is 3.09. The van der Waals surface area contributed by atoms with Crippen molar-refractivity contribution in [3.63, 3.8) is 0 Å². The third-order valence-corrected chi connectivity index (χ3v) is 3.09. The molecule has 0 unspecified atom stereocenters. The van der Waals surface area contributed by atoms with E-state index in [1.807, 2.05) is 6.08 Å². The molecule has 0 atom stereocenters. The Morgan fingerprint density at radius 2 is 1.71 bits per heavy atom. The summed E-state index contributed by atoms with van der Waals surface area (Å²) in [7, 11) is 0. The summed E-state index contributed by atoms with van der Waals surface area (Å²) >= 11 is 0. The van der Waals surface area contributed by atoms with Crippen LogP contribution in [0.5, 0.6) is 0 Å². The van der Waals surface area contributed by atoms with Crippen molar-refractivity contribution in [3.8, 4) is 0 Å². The molecule has 0 nitrogen and oxygen atoms in total. The van der Waals surface area contributed by atoms with Crippen LogP contribution in [0.25, 0.3) is 0 Å². The third kappa shape index (κ3) is 2.06. The van der Waals surface area contributed by atoms with Crippen LogP contribution < -0.4 is 0 Å². The summed E-state index contributed by atoms with van der Waals surface area (Å²) < 4.78 is 0. The summed E-state index contributed by atoms with van der Waals surface area (Å²) in [5.74, 6) is 0. The van der Waals surface area contributed by atoms with Crippen molar-refractivity contribution in [2.75, 3.05) is 0 Å². The number of hydrogen-bond donors (Lipinski definition) is 0. The van der Waals surface area contributed by atoms with E-state index in [0.717, 1.165) is 6.42 Å². The first-order valence-electron chi connectivity index (χ1n) is 5.08. The van der Waals surface area contributed by atoms with Gasteiger partial charge in [-0.25, -0.2) is 0 Å². The molecular weight excluding hydrogens is 168 g/mol. The van der Waals surface area contributed by atoms with E-state index in [9.17, 15) is 0 Å². The van der Waals surface area contributed by atoms with Crippen LogP contribution in [0.15, 0.2) is 18.2 Å². The van der Waals surface area contributed by atoms with Crippen molar-refractivity contribution in [1.82, 2.24) is 0 Å². The molecule has 0 aliphatic carbocycles. The first kappa shape index (κ1) is 11.0. The van der Waals surface area contributed by atoms with Gasteiger partial charge in [0, 0.05) is 0 Å². The quantitative estimate of drug-likeness (QED) is 0.659. The molecule has 0 fully saturated rings. The smallest absolute Gasteiger partial charge is 0.00946 e. The zero-order valence-electron chi connectivity index (χ0n) is 9.65. The van der Waals surface area contributed by atoms with Crippen LogP contribution in [0.4, 0.5) is 0 Å². The molecule has 0 spiro atoms. The summed E-state index contributed by atoms with van der Waals surface area (Å²) in [6.07, 6.45) is 4.97. The second kappa shape index (κ2) is 4.45. The van der Waals surface area contributed by atoms with Crippen LogP contribution in [0, 0.1) is 34.6 Å². The van der Waals surface area contributed by atoms with Gasteiger partial charge in [0.25, 0.3) is 0 Å². The molecule has 1 aromatic carbocycles. The van der Waals surface area contributed by atoms with Gasteiger partial charge in [0.2, 0.25) is 0 Å². The molecule has 0 heterocycles. The summed E-state index contributed by atoms with van der Waals surface area (Å²) in [5, 5.41) is 0. The lowest BCUT2D eigenvalue weighted by Crippen LogP contribution is -1.96. The molecule has 0 aliphatic rings. The Morgan fingerprint density at radius 1 is 1.07 bits per heavy atom. The van der Waals surface area contributed by atoms with E-state index in [4.69, 9.17) is 0 Å². The molecule has 1 aromatic rings. The molecule has 0 saturated heterocycles. The van der Waals surface area contributed by atoms with Crippen molar-refractivity contribution in [1.29, 1.82) is 0 Å². The molecule has 1 radical (unpaired) electrons. The molecular formula is C14H19. The number of benzene rings is 1. The monoisotopic (exact) mass is 187 g/mol. The Kier molecular flexibility index (Phi) is 3.51. The van der Waals surface area contributed by atoms with Crippen molar-refractivity contribution in [2.45, 2.75) is 34.1 Å². The zero-order valence-corrected chi connectivity index (χ0v) is 9.65. The molecule has 1 rings (SSSR count). The second-order valence-corrected chi connectivity index (χ2v) is 3.90. The summed E-state index contributed by atoms with van der Waals surface area (Å²) in [4.78, 5) is 0. The standard InChI is InChI=1S/C14H19/c1-6-7-8-14-9-10(2)11(3)12(4)13(14)5/h6-7,9H,1,8H2,2-5H3. The summed E-state index contributed by atoms with van der Waals surface area (Å²) in [5.41, 5.74) is 7.08. The van der Waals surface area contributed by atoms with Crippen LogP contribution in [0.1, 0.15) is 27.8 Å². The molecule has 0 N–H and O–H groups in total. The summed E-state index contributed by atoms with van der Waals surface area (Å²) in [6.45, 7) is 12.5. The highest BCUT2D eigenvalue weighted by Crippen LogP contribution is 2.21. The van der Waals surface area contributed by atoms with Gasteiger partial charge < -0.3 is 0 Å². The maximum Gasteiger partial charge on any atom is -0.00946 e. The minimum atomic E-state index is 0.997. The lowest BCUT2D eigenvalue weighted by Gasteiger charge is -2.12. The first-order valence-corrected chi connectivity index (χ1v) is 5.08. The van der Waals surface area contributed by atoms with Crippen molar-refractivity contribution >= 4 is 0 Å². The normalized spacial score (nSPS) is 11.2. The minimum Gasteiger partial charge on any atom is -0.0879 e. The molecule has 14 heavy (non-hydrogen) atoms. The Balaban J connectivity index is 3.19. The number of aryl methyl sites for hydroxylation is 1. The predicted molar refractivity (Wildman–Crippen MR) is 63.6 cm³/mol. The zero-order chi connectivity index (χ0) is 10.7. The van der Waals surface area contributed by atoms with Gasteiger partial charge in [-0.2, -0.15) is 0 Å². The Hall–Kier alpha value is -1.04. The molecule has 0 aliphatic heterocycles. The van der Waals surface area contributed by atoms with E-state index in [1.54, 1.807) is 0 Å². The highest BCUT2D eigenvalue weighted by atomic mass is 14.1. The molecule has 0 amide bonds. The molecule has 0 saturated carbocycles. The maximum atomic E-state index is 3.71. The first-order chi connectivity index (χ1) is 6.57. The van der Waals surface area contributed by atoms with Crippen molar-refractivity contribution in [2.24, 2.45) is 0 Å². The van der Waals surface area contributed by atoms with Gasteiger partial charge in [-0.05, 0) is 68.9 Å². The van der Waals surface area contributed by atoms with Crippen molar-refractivity contribution in [3.05, 3.63) is 53.0 Å². The van der Waals surface area contributed by atoms with E-state index in [0.29, 0.717) is 0 Å². The SMILES string of the molecule is [CH2]C=CCc1cc(C)c(C)c(C)c1C. The minimum absolute atomic E-state index is 0.997. The lowest BCUT2D eigenvalue weighted by atomic mass is 9.93. The van der Waals surface area contributed by atoms with E-state index in [1.165, 1.54) is 27.8 Å². The Bertz CT molecular complexity index is 357. The lowest BCUT2D eigenvalue weighted by molar-refractivity contribution is 1.13. The van der Waals surface area contributed by atoms with Crippen LogP contribution in [-0.2, 0) is 6.42 Å². The number of rotatable bonds is 2. The van der Waals surface area contributed by atoms with Gasteiger partial charge in [0.15, 0.2) is 0 Å².